The zero-order valence-electron chi connectivity index (χ0n) is 45.3. The lowest BCUT2D eigenvalue weighted by atomic mass is 9.33. The summed E-state index contributed by atoms with van der Waals surface area (Å²) in [6.07, 6.45) is -25.9. The molecule has 0 aromatic carbocycles. The molecule has 28 atom stereocenters. The first-order valence-corrected chi connectivity index (χ1v) is 27.7. The number of esters is 1. The van der Waals surface area contributed by atoms with Gasteiger partial charge in [0.15, 0.2) is 25.0 Å². The predicted molar refractivity (Wildman–Crippen MR) is 262 cm³/mol. The molecule has 23 heteroatoms. The first-order chi connectivity index (χ1) is 35.9. The molecule has 9 aliphatic rings. The molecule has 77 heavy (non-hydrogen) atoms. The molecule has 0 spiro atoms. The van der Waals surface area contributed by atoms with Crippen LogP contribution in [0.1, 0.15) is 120 Å². The molecule has 23 nitrogen and oxygen atoms in total. The summed E-state index contributed by atoms with van der Waals surface area (Å²) < 4.78 is 47.5. The third-order valence-corrected chi connectivity index (χ3v) is 21.4. The Bertz CT molecular complexity index is 2180. The molecule has 0 aromatic heterocycles. The van der Waals surface area contributed by atoms with Crippen LogP contribution < -0.4 is 0 Å². The predicted octanol–water partition coefficient (Wildman–Crippen LogP) is -0.915. The highest BCUT2D eigenvalue weighted by Gasteiger charge is 2.70. The largest absolute Gasteiger partial charge is 0.479 e. The molecular weight excluding hydrogens is 1020 g/mol. The highest BCUT2D eigenvalue weighted by atomic mass is 16.8. The average molecular weight is 1100 g/mol. The minimum Gasteiger partial charge on any atom is -0.479 e. The number of carbonyl (C=O) groups is 2. The van der Waals surface area contributed by atoms with Crippen molar-refractivity contribution in [1.82, 2.24) is 0 Å². The Morgan fingerprint density at radius 3 is 1.82 bits per heavy atom. The first kappa shape index (κ1) is 59.5. The maximum atomic E-state index is 14.8. The fourth-order valence-corrected chi connectivity index (χ4v) is 16.4. The van der Waals surface area contributed by atoms with Crippen LogP contribution in [0, 0.1) is 50.2 Å². The number of allylic oxidation sites excluding steroid dienone is 2. The summed E-state index contributed by atoms with van der Waals surface area (Å²) >= 11 is 0. The van der Waals surface area contributed by atoms with Crippen LogP contribution in [0.15, 0.2) is 11.6 Å². The van der Waals surface area contributed by atoms with Crippen molar-refractivity contribution >= 4 is 11.9 Å². The van der Waals surface area contributed by atoms with Crippen molar-refractivity contribution in [3.05, 3.63) is 11.6 Å². The Labute approximate surface area is 448 Å². The molecule has 4 aliphatic heterocycles. The lowest BCUT2D eigenvalue weighted by molar-refractivity contribution is -0.389. The number of hydrogen-bond acceptors (Lipinski definition) is 22. The normalized spacial score (nSPS) is 53.4. The van der Waals surface area contributed by atoms with Gasteiger partial charge in [-0.15, -0.1) is 0 Å². The zero-order valence-corrected chi connectivity index (χ0v) is 45.3. The Morgan fingerprint density at radius 1 is 0.584 bits per heavy atom. The standard InChI is InChI=1S/C54H86O23/c1-22-30(57)33(60)36(63)44(70-22)76-42-35(62)32(59)26(21-56)72-47(42)74-40-38(65)41(43(67)68)75-46(39(40)66)73-29-12-13-51(6)27(50(29,4)5)11-14-53(8)28(51)10-9-23-24-19-49(2,3)15-17-54(24,18-16-52(23,53)7)48(69)77-45-37(64)34(61)31(58)25(20-55)71-45/h9,22,24-42,44-47,55-66H,10-21H2,1-8H3,(H,67,68)/t22-,24-,25+,26+,27-,28+,29-,30-,31+,32+,33+,34-,35-,36+,37+,38-,39+,40-,41-,42+,44-,45-,46+,47-,51-,52+,53+,54-/m0/s1. The van der Waals surface area contributed by atoms with E-state index in [1.807, 2.05) is 0 Å². The molecule has 0 bridgehead atoms. The molecule has 4 saturated carbocycles. The molecule has 0 amide bonds. The first-order valence-electron chi connectivity index (χ1n) is 27.7. The van der Waals surface area contributed by atoms with Gasteiger partial charge in [-0.3, -0.25) is 4.79 Å². The number of aliphatic hydroxyl groups excluding tert-OH is 12. The van der Waals surface area contributed by atoms with E-state index in [0.29, 0.717) is 32.1 Å². The molecule has 0 aromatic rings. The molecule has 0 unspecified atom stereocenters. The summed E-state index contributed by atoms with van der Waals surface area (Å²) in [6, 6.07) is 0. The van der Waals surface area contributed by atoms with Crippen LogP contribution >= 0.6 is 0 Å². The van der Waals surface area contributed by atoms with Crippen LogP contribution in [-0.2, 0) is 47.5 Å². The number of fused-ring (bicyclic) bond motifs is 7. The van der Waals surface area contributed by atoms with Gasteiger partial charge in [0.1, 0.15) is 85.5 Å². The highest BCUT2D eigenvalue weighted by molar-refractivity contribution is 5.79. The van der Waals surface area contributed by atoms with E-state index in [1.165, 1.54) is 12.5 Å². The smallest absolute Gasteiger partial charge is 0.335 e. The van der Waals surface area contributed by atoms with Gasteiger partial charge in [-0.25, -0.2) is 4.79 Å². The molecule has 4 saturated heterocycles. The minimum atomic E-state index is -2.08. The van der Waals surface area contributed by atoms with Gasteiger partial charge < -0.3 is 104 Å². The van der Waals surface area contributed by atoms with Gasteiger partial charge >= 0.3 is 11.9 Å². The van der Waals surface area contributed by atoms with Crippen LogP contribution in [0.4, 0.5) is 0 Å². The lowest BCUT2D eigenvalue weighted by Crippen LogP contribution is -2.68. The van der Waals surface area contributed by atoms with Gasteiger partial charge in [0.25, 0.3) is 0 Å². The van der Waals surface area contributed by atoms with Gasteiger partial charge in [0.2, 0.25) is 6.29 Å². The van der Waals surface area contributed by atoms with Crippen molar-refractivity contribution < 1.29 is 114 Å². The maximum Gasteiger partial charge on any atom is 0.335 e. The number of ether oxygens (including phenoxy) is 8. The summed E-state index contributed by atoms with van der Waals surface area (Å²) in [6.45, 7) is 15.6. The van der Waals surface area contributed by atoms with E-state index in [2.05, 4.69) is 54.5 Å². The lowest BCUT2D eigenvalue weighted by Gasteiger charge is -2.71. The maximum absolute atomic E-state index is 14.8. The van der Waals surface area contributed by atoms with E-state index in [1.54, 1.807) is 0 Å². The Kier molecular flexibility index (Phi) is 16.5. The SMILES string of the molecule is C[C@@H]1O[C@@H](O[C@H]2[C@H](O[C@@H]3[C@@H](O)[C@H](O[C@H]4CC[C@]5(C)[C@H]6CC=C7[C@@H]8CC(C)(C)CC[C@]8(C(=O)O[C@@H]8O[C@H](CO)[C@@H](O)[C@H](O)[C@H]8O)CC[C@@]7(C)[C@]6(C)CC[C@H]5C4(C)C)O[C@H](C(=O)O)[C@H]3O)O[C@H](CO)[C@@H](O)[C@@H]2O)[C@H](O)[C@H](O)[C@H]1O. The van der Waals surface area contributed by atoms with Crippen LogP contribution in [0.5, 0.6) is 0 Å². The highest BCUT2D eigenvalue weighted by Crippen LogP contribution is 2.76. The number of aliphatic carboxylic acids is 1. The topological polar surface area (TPSA) is 371 Å². The number of hydrogen-bond donors (Lipinski definition) is 13. The molecular formula is C54H86O23. The summed E-state index contributed by atoms with van der Waals surface area (Å²) in [7, 11) is 0. The monoisotopic (exact) mass is 1100 g/mol. The third kappa shape index (κ3) is 9.66. The van der Waals surface area contributed by atoms with E-state index in [4.69, 9.17) is 37.9 Å². The van der Waals surface area contributed by atoms with Gasteiger partial charge in [0, 0.05) is 0 Å². The average Bonchev–Trinajstić information content (AvgIpc) is 3.39. The Hall–Kier alpha value is -2.08. The summed E-state index contributed by atoms with van der Waals surface area (Å²) in [5.74, 6) is -2.12. The van der Waals surface area contributed by atoms with E-state index in [0.717, 1.165) is 32.1 Å². The number of carboxylic acids is 1. The van der Waals surface area contributed by atoms with Crippen LogP contribution in [-0.4, -0.2) is 220 Å². The van der Waals surface area contributed by atoms with Crippen molar-refractivity contribution in [1.29, 1.82) is 0 Å². The molecule has 0 radical (unpaired) electrons. The van der Waals surface area contributed by atoms with Crippen LogP contribution in [0.3, 0.4) is 0 Å². The second kappa shape index (κ2) is 21.3. The van der Waals surface area contributed by atoms with Crippen molar-refractivity contribution in [2.75, 3.05) is 13.2 Å². The van der Waals surface area contributed by atoms with E-state index >= 15 is 0 Å². The molecule has 440 valence electrons. The van der Waals surface area contributed by atoms with Crippen LogP contribution in [0.2, 0.25) is 0 Å². The second-order valence-electron chi connectivity index (χ2n) is 26.3. The van der Waals surface area contributed by atoms with Crippen molar-refractivity contribution in [3.8, 4) is 0 Å². The molecule has 9 rings (SSSR count). The van der Waals surface area contributed by atoms with E-state index < -0.39 is 165 Å². The Balaban J connectivity index is 0.944. The zero-order chi connectivity index (χ0) is 56.4. The fourth-order valence-electron chi connectivity index (χ4n) is 16.4. The molecule has 13 N–H and O–H groups in total. The quantitative estimate of drug-likeness (QED) is 0.0676. The number of carboxylic acid groups (broad SMARTS) is 1. The van der Waals surface area contributed by atoms with Gasteiger partial charge in [0.05, 0.1) is 30.8 Å². The number of rotatable bonds is 11. The number of aliphatic hydroxyl groups is 12. The molecule has 5 aliphatic carbocycles. The number of carbonyl (C=O) groups excluding carboxylic acids is 1. The van der Waals surface area contributed by atoms with Gasteiger partial charge in [-0.2, -0.15) is 0 Å². The Morgan fingerprint density at radius 2 is 1.17 bits per heavy atom. The van der Waals surface area contributed by atoms with Crippen molar-refractivity contribution in [3.63, 3.8) is 0 Å². The summed E-state index contributed by atoms with van der Waals surface area (Å²) in [5.41, 5.74) is -1.27. The van der Waals surface area contributed by atoms with Gasteiger partial charge in [-0.1, -0.05) is 60.1 Å². The fraction of sp³-hybridized carbons (Fsp3) is 0.926. The summed E-state index contributed by atoms with van der Waals surface area (Å²) in [4.78, 5) is 27.5. The molecule has 4 heterocycles. The summed E-state index contributed by atoms with van der Waals surface area (Å²) in [5, 5.41) is 139. The van der Waals surface area contributed by atoms with Crippen molar-refractivity contribution in [2.24, 2.45) is 50.2 Å². The minimum absolute atomic E-state index is 0.0420. The van der Waals surface area contributed by atoms with Crippen LogP contribution in [0.25, 0.3) is 0 Å². The molecule has 8 fully saturated rings. The van der Waals surface area contributed by atoms with E-state index in [-0.39, 0.29) is 39.4 Å². The van der Waals surface area contributed by atoms with E-state index in [9.17, 15) is 76.0 Å². The third-order valence-electron chi connectivity index (χ3n) is 21.4. The van der Waals surface area contributed by atoms with Crippen molar-refractivity contribution in [2.45, 2.75) is 249 Å². The van der Waals surface area contributed by atoms with Gasteiger partial charge in [-0.05, 0) is 116 Å². The second-order valence-corrected chi connectivity index (χ2v) is 26.3.